The summed E-state index contributed by atoms with van der Waals surface area (Å²) in [5, 5.41) is 7.46. The number of thiophene rings is 1. The lowest BCUT2D eigenvalue weighted by Gasteiger charge is -2.25. The molecule has 0 saturated carbocycles. The molecular formula is C20H16N2O4S. The Kier molecular flexibility index (Phi) is 4.76. The van der Waals surface area contributed by atoms with Crippen LogP contribution in [0.1, 0.15) is 9.67 Å². The van der Waals surface area contributed by atoms with E-state index in [0.717, 1.165) is 0 Å². The van der Waals surface area contributed by atoms with Crippen LogP contribution in [0.5, 0.6) is 11.5 Å². The van der Waals surface area contributed by atoms with Crippen molar-refractivity contribution in [2.24, 2.45) is 0 Å². The van der Waals surface area contributed by atoms with Gasteiger partial charge in [-0.05, 0) is 41.8 Å². The van der Waals surface area contributed by atoms with Gasteiger partial charge in [0.2, 0.25) is 6.10 Å². The summed E-state index contributed by atoms with van der Waals surface area (Å²) < 4.78 is 11.3. The van der Waals surface area contributed by atoms with Crippen LogP contribution in [0.4, 0.5) is 11.4 Å². The second-order valence-electron chi connectivity index (χ2n) is 5.87. The van der Waals surface area contributed by atoms with E-state index in [-0.39, 0.29) is 18.4 Å². The molecule has 0 saturated heterocycles. The number of para-hydroxylation sites is 2. The van der Waals surface area contributed by atoms with Gasteiger partial charge in [0.15, 0.2) is 11.5 Å². The highest BCUT2D eigenvalue weighted by atomic mass is 32.1. The molecule has 4 rings (SSSR count). The average molecular weight is 380 g/mol. The minimum Gasteiger partial charge on any atom is -0.485 e. The molecule has 2 aromatic carbocycles. The van der Waals surface area contributed by atoms with E-state index in [0.29, 0.717) is 27.8 Å². The van der Waals surface area contributed by atoms with Gasteiger partial charge >= 0.3 is 0 Å². The molecule has 27 heavy (non-hydrogen) atoms. The van der Waals surface area contributed by atoms with Gasteiger partial charge in [-0.15, -0.1) is 11.3 Å². The first-order chi connectivity index (χ1) is 13.2. The largest absolute Gasteiger partial charge is 0.485 e. The molecule has 3 aromatic rings. The summed E-state index contributed by atoms with van der Waals surface area (Å²) in [5.74, 6) is 0.668. The lowest BCUT2D eigenvalue weighted by atomic mass is 10.2. The molecule has 136 valence electrons. The maximum Gasteiger partial charge on any atom is 0.269 e. The van der Waals surface area contributed by atoms with E-state index in [1.807, 2.05) is 23.6 Å². The number of benzene rings is 2. The number of rotatable bonds is 4. The van der Waals surface area contributed by atoms with Crippen LogP contribution in [-0.4, -0.2) is 24.5 Å². The number of hydrogen-bond acceptors (Lipinski definition) is 5. The zero-order valence-electron chi connectivity index (χ0n) is 14.2. The molecule has 1 aliphatic rings. The van der Waals surface area contributed by atoms with Crippen molar-refractivity contribution >= 4 is 34.5 Å². The minimum atomic E-state index is -0.746. The fourth-order valence-corrected chi connectivity index (χ4v) is 3.27. The normalized spacial score (nSPS) is 15.0. The standard InChI is InChI=1S/C20H16N2O4S/c23-19(17-12-25-15-7-1-2-8-16(15)26-17)21-13-5-3-6-14(11-13)22-20(24)18-9-4-10-27-18/h1-11,17H,12H2,(H,21,23)(H,22,24)/t17-/m1/s1. The Morgan fingerprint density at radius 2 is 1.70 bits per heavy atom. The highest BCUT2D eigenvalue weighted by Crippen LogP contribution is 2.31. The van der Waals surface area contributed by atoms with Crippen molar-refractivity contribution in [3.8, 4) is 11.5 Å². The summed E-state index contributed by atoms with van der Waals surface area (Å²) in [4.78, 5) is 25.3. The van der Waals surface area contributed by atoms with Crippen molar-refractivity contribution in [1.29, 1.82) is 0 Å². The molecule has 0 radical (unpaired) electrons. The molecule has 2 heterocycles. The predicted molar refractivity (Wildman–Crippen MR) is 104 cm³/mol. The van der Waals surface area contributed by atoms with Crippen molar-refractivity contribution in [1.82, 2.24) is 0 Å². The Hall–Kier alpha value is -3.32. The zero-order valence-corrected chi connectivity index (χ0v) is 15.0. The molecule has 2 amide bonds. The van der Waals surface area contributed by atoms with E-state index < -0.39 is 6.10 Å². The number of nitrogens with one attached hydrogen (secondary N) is 2. The second-order valence-corrected chi connectivity index (χ2v) is 6.81. The molecule has 0 spiro atoms. The van der Waals surface area contributed by atoms with Crippen molar-refractivity contribution < 1.29 is 19.1 Å². The van der Waals surface area contributed by atoms with E-state index in [4.69, 9.17) is 9.47 Å². The Morgan fingerprint density at radius 3 is 2.48 bits per heavy atom. The van der Waals surface area contributed by atoms with Gasteiger partial charge in [0, 0.05) is 11.4 Å². The van der Waals surface area contributed by atoms with Gasteiger partial charge < -0.3 is 20.1 Å². The molecule has 0 bridgehead atoms. The van der Waals surface area contributed by atoms with Crippen molar-refractivity contribution in [3.63, 3.8) is 0 Å². The first-order valence-corrected chi connectivity index (χ1v) is 9.21. The van der Waals surface area contributed by atoms with E-state index >= 15 is 0 Å². The number of anilines is 2. The Morgan fingerprint density at radius 1 is 0.926 bits per heavy atom. The smallest absolute Gasteiger partial charge is 0.269 e. The highest BCUT2D eigenvalue weighted by Gasteiger charge is 2.27. The predicted octanol–water partition coefficient (Wildman–Crippen LogP) is 3.78. The van der Waals surface area contributed by atoms with Crippen LogP contribution in [0.2, 0.25) is 0 Å². The van der Waals surface area contributed by atoms with Gasteiger partial charge in [0.25, 0.3) is 11.8 Å². The summed E-state index contributed by atoms with van der Waals surface area (Å²) in [6, 6.07) is 17.8. The van der Waals surface area contributed by atoms with E-state index in [1.54, 1.807) is 42.5 Å². The van der Waals surface area contributed by atoms with E-state index in [2.05, 4.69) is 10.6 Å². The van der Waals surface area contributed by atoms with Crippen LogP contribution in [-0.2, 0) is 4.79 Å². The Bertz CT molecular complexity index is 972. The third-order valence-electron chi connectivity index (χ3n) is 3.93. The number of ether oxygens (including phenoxy) is 2. The lowest BCUT2D eigenvalue weighted by molar-refractivity contribution is -0.125. The average Bonchev–Trinajstić information content (AvgIpc) is 3.23. The fourth-order valence-electron chi connectivity index (χ4n) is 2.65. The molecule has 1 atom stereocenters. The second kappa shape index (κ2) is 7.51. The van der Waals surface area contributed by atoms with Crippen molar-refractivity contribution in [2.45, 2.75) is 6.10 Å². The molecule has 7 heteroatoms. The molecule has 0 unspecified atom stereocenters. The minimum absolute atomic E-state index is 0.137. The Balaban J connectivity index is 1.41. The van der Waals surface area contributed by atoms with Crippen LogP contribution in [0.3, 0.4) is 0 Å². The highest BCUT2D eigenvalue weighted by molar-refractivity contribution is 7.12. The van der Waals surface area contributed by atoms with Gasteiger partial charge in [-0.3, -0.25) is 9.59 Å². The summed E-state index contributed by atoms with van der Waals surface area (Å²) in [7, 11) is 0. The van der Waals surface area contributed by atoms with Crippen LogP contribution < -0.4 is 20.1 Å². The summed E-state index contributed by atoms with van der Waals surface area (Å²) in [5.41, 5.74) is 1.16. The summed E-state index contributed by atoms with van der Waals surface area (Å²) in [6.45, 7) is 0.137. The van der Waals surface area contributed by atoms with Crippen LogP contribution in [0, 0.1) is 0 Å². The SMILES string of the molecule is O=C(Nc1cccc(NC(=O)[C@H]2COc3ccccc3O2)c1)c1cccs1. The topological polar surface area (TPSA) is 76.7 Å². The number of carbonyl (C=O) groups is 2. The summed E-state index contributed by atoms with van der Waals surface area (Å²) >= 11 is 1.37. The molecule has 0 fully saturated rings. The van der Waals surface area contributed by atoms with Gasteiger partial charge in [0.05, 0.1) is 4.88 Å². The first kappa shape index (κ1) is 17.1. The molecule has 1 aromatic heterocycles. The maximum atomic E-state index is 12.5. The van der Waals surface area contributed by atoms with Crippen LogP contribution in [0.15, 0.2) is 66.0 Å². The quantitative estimate of drug-likeness (QED) is 0.722. The maximum absolute atomic E-state index is 12.5. The first-order valence-electron chi connectivity index (χ1n) is 8.33. The fraction of sp³-hybridized carbons (Fsp3) is 0.100. The number of fused-ring (bicyclic) bond motifs is 1. The number of carbonyl (C=O) groups excluding carboxylic acids is 2. The van der Waals surface area contributed by atoms with Crippen LogP contribution >= 0.6 is 11.3 Å². The monoisotopic (exact) mass is 380 g/mol. The molecule has 0 aliphatic carbocycles. The van der Waals surface area contributed by atoms with Crippen LogP contribution in [0.25, 0.3) is 0 Å². The molecule has 6 nitrogen and oxygen atoms in total. The molecule has 2 N–H and O–H groups in total. The van der Waals surface area contributed by atoms with Gasteiger partial charge in [-0.2, -0.15) is 0 Å². The van der Waals surface area contributed by atoms with E-state index in [9.17, 15) is 9.59 Å². The Labute approximate surface area is 159 Å². The third kappa shape index (κ3) is 3.93. The van der Waals surface area contributed by atoms with Gasteiger partial charge in [0.1, 0.15) is 6.61 Å². The van der Waals surface area contributed by atoms with Crippen molar-refractivity contribution in [3.05, 3.63) is 70.9 Å². The van der Waals surface area contributed by atoms with Gasteiger partial charge in [-0.1, -0.05) is 24.3 Å². The molecule has 1 aliphatic heterocycles. The lowest BCUT2D eigenvalue weighted by Crippen LogP contribution is -2.40. The van der Waals surface area contributed by atoms with Gasteiger partial charge in [-0.25, -0.2) is 0 Å². The summed E-state index contributed by atoms with van der Waals surface area (Å²) in [6.07, 6.45) is -0.746. The number of amides is 2. The third-order valence-corrected chi connectivity index (χ3v) is 4.80. The number of hydrogen-bond donors (Lipinski definition) is 2. The zero-order chi connectivity index (χ0) is 18.6. The van der Waals surface area contributed by atoms with E-state index in [1.165, 1.54) is 11.3 Å². The van der Waals surface area contributed by atoms with Crippen molar-refractivity contribution in [2.75, 3.05) is 17.2 Å². The molecular weight excluding hydrogens is 364 g/mol.